The molecule has 1 aliphatic carbocycles. The number of hydrogen-bond donors (Lipinski definition) is 1. The quantitative estimate of drug-likeness (QED) is 0.639. The third-order valence-corrected chi connectivity index (χ3v) is 5.34. The monoisotopic (exact) mass is 367 g/mol. The van der Waals surface area contributed by atoms with Crippen LogP contribution < -0.4 is 10.1 Å². The second-order valence-electron chi connectivity index (χ2n) is 6.18. The van der Waals surface area contributed by atoms with E-state index in [-0.39, 0.29) is 11.7 Å². The molecule has 1 N–H and O–H groups in total. The van der Waals surface area contributed by atoms with Crippen LogP contribution in [0.15, 0.2) is 35.4 Å². The van der Waals surface area contributed by atoms with E-state index in [2.05, 4.69) is 16.4 Å². The van der Waals surface area contributed by atoms with Crippen LogP contribution in [0.5, 0.6) is 5.75 Å². The van der Waals surface area contributed by atoms with Gasteiger partial charge in [-0.05, 0) is 61.6 Å². The molecule has 1 aromatic carbocycles. The van der Waals surface area contributed by atoms with Gasteiger partial charge >= 0.3 is 0 Å². The Balaban J connectivity index is 1.65. The lowest BCUT2D eigenvalue weighted by molar-refractivity contribution is -0.113. The summed E-state index contributed by atoms with van der Waals surface area (Å²) in [6.07, 6.45) is 5.42. The number of methoxy groups -OCH3 is 1. The lowest BCUT2D eigenvalue weighted by Gasteiger charge is -2.10. The number of carbonyl (C=O) groups is 1. The molecule has 5 nitrogen and oxygen atoms in total. The Morgan fingerprint density at radius 2 is 2.04 bits per heavy atom. The van der Waals surface area contributed by atoms with Crippen molar-refractivity contribution in [1.29, 1.82) is 5.26 Å². The van der Waals surface area contributed by atoms with E-state index in [0.29, 0.717) is 16.3 Å². The zero-order chi connectivity index (χ0) is 18.4. The van der Waals surface area contributed by atoms with Crippen LogP contribution in [-0.4, -0.2) is 23.8 Å². The Hall–Kier alpha value is -2.52. The maximum Gasteiger partial charge on any atom is 0.234 e. The summed E-state index contributed by atoms with van der Waals surface area (Å²) in [5.41, 5.74) is 3.55. The number of aryl methyl sites for hydroxylation is 2. The summed E-state index contributed by atoms with van der Waals surface area (Å²) in [6, 6.07) is 11.4. The molecule has 2 aromatic rings. The molecular formula is C20H21N3O2S. The number of benzene rings is 1. The van der Waals surface area contributed by atoms with Gasteiger partial charge < -0.3 is 10.1 Å². The molecule has 1 heterocycles. The van der Waals surface area contributed by atoms with Gasteiger partial charge in [-0.15, -0.1) is 0 Å². The minimum Gasteiger partial charge on any atom is -0.497 e. The molecular weight excluding hydrogens is 346 g/mol. The van der Waals surface area contributed by atoms with Crippen molar-refractivity contribution < 1.29 is 9.53 Å². The predicted octanol–water partition coefficient (Wildman–Crippen LogP) is 3.96. The van der Waals surface area contributed by atoms with Crippen molar-refractivity contribution in [3.63, 3.8) is 0 Å². The second kappa shape index (κ2) is 8.72. The van der Waals surface area contributed by atoms with Gasteiger partial charge in [0.1, 0.15) is 16.8 Å². The van der Waals surface area contributed by atoms with Gasteiger partial charge in [0.25, 0.3) is 0 Å². The van der Waals surface area contributed by atoms with Crippen molar-refractivity contribution in [1.82, 2.24) is 4.98 Å². The molecule has 1 aliphatic rings. The number of fused-ring (bicyclic) bond motifs is 1. The van der Waals surface area contributed by atoms with Crippen LogP contribution in [0.2, 0.25) is 0 Å². The largest absolute Gasteiger partial charge is 0.497 e. The van der Waals surface area contributed by atoms with Crippen LogP contribution in [0.3, 0.4) is 0 Å². The van der Waals surface area contributed by atoms with Crippen molar-refractivity contribution in [3.8, 4) is 11.8 Å². The van der Waals surface area contributed by atoms with Crippen molar-refractivity contribution in [3.05, 3.63) is 47.2 Å². The number of ether oxygens (including phenoxy) is 1. The molecule has 0 fully saturated rings. The number of aromatic nitrogens is 1. The van der Waals surface area contributed by atoms with Gasteiger partial charge in [-0.3, -0.25) is 4.79 Å². The summed E-state index contributed by atoms with van der Waals surface area (Å²) in [7, 11) is 1.60. The molecule has 0 spiro atoms. The van der Waals surface area contributed by atoms with Crippen LogP contribution in [0.4, 0.5) is 5.69 Å². The summed E-state index contributed by atoms with van der Waals surface area (Å²) in [5.74, 6) is 0.831. The highest BCUT2D eigenvalue weighted by Gasteiger charge is 2.15. The molecule has 0 aliphatic heterocycles. The van der Waals surface area contributed by atoms with Crippen LogP contribution in [0.25, 0.3) is 0 Å². The van der Waals surface area contributed by atoms with Crippen LogP contribution in [0, 0.1) is 11.3 Å². The normalized spacial score (nSPS) is 13.2. The fourth-order valence-electron chi connectivity index (χ4n) is 2.99. The van der Waals surface area contributed by atoms with Gasteiger partial charge in [0.15, 0.2) is 0 Å². The molecule has 3 rings (SSSR count). The average Bonchev–Trinajstić information content (AvgIpc) is 2.90. The number of carbonyl (C=O) groups excluding carboxylic acids is 1. The first-order valence-electron chi connectivity index (χ1n) is 8.69. The van der Waals surface area contributed by atoms with E-state index >= 15 is 0 Å². The van der Waals surface area contributed by atoms with Gasteiger partial charge in [0.2, 0.25) is 5.91 Å². The molecule has 0 saturated carbocycles. The van der Waals surface area contributed by atoms with Gasteiger partial charge in [0.05, 0.1) is 18.4 Å². The maximum atomic E-state index is 12.2. The van der Waals surface area contributed by atoms with Crippen molar-refractivity contribution in [2.45, 2.75) is 37.1 Å². The van der Waals surface area contributed by atoms with E-state index < -0.39 is 0 Å². The van der Waals surface area contributed by atoms with E-state index in [4.69, 9.17) is 4.74 Å². The van der Waals surface area contributed by atoms with E-state index in [0.717, 1.165) is 37.1 Å². The van der Waals surface area contributed by atoms with Crippen molar-refractivity contribution >= 4 is 23.4 Å². The first-order valence-corrected chi connectivity index (χ1v) is 9.68. The molecule has 134 valence electrons. The molecule has 0 unspecified atom stereocenters. The first kappa shape index (κ1) is 18.3. The van der Waals surface area contributed by atoms with Gasteiger partial charge in [-0.2, -0.15) is 5.26 Å². The number of pyridine rings is 1. The van der Waals surface area contributed by atoms with E-state index in [1.807, 2.05) is 6.07 Å². The molecule has 0 bridgehead atoms. The lowest BCUT2D eigenvalue weighted by Crippen LogP contribution is -2.14. The molecule has 0 atom stereocenters. The zero-order valence-corrected chi connectivity index (χ0v) is 15.6. The Morgan fingerprint density at radius 1 is 1.27 bits per heavy atom. The van der Waals surface area contributed by atoms with Crippen LogP contribution >= 0.6 is 11.8 Å². The highest BCUT2D eigenvalue weighted by atomic mass is 32.2. The van der Waals surface area contributed by atoms with Gasteiger partial charge in [-0.1, -0.05) is 18.2 Å². The number of nitrogens with one attached hydrogen (secondary N) is 1. The standard InChI is InChI=1S/C20H21N3O2S/c1-25-17-9-7-16(8-10-17)22-19(24)13-26-20-15(12-21)11-14-5-3-2-4-6-18(14)23-20/h7-11H,2-6,13H2,1H3,(H,22,24). The Bertz CT molecular complexity index is 828. The fraction of sp³-hybridized carbons (Fsp3) is 0.350. The summed E-state index contributed by atoms with van der Waals surface area (Å²) < 4.78 is 5.10. The molecule has 1 amide bonds. The fourth-order valence-corrected chi connectivity index (χ4v) is 3.76. The molecule has 26 heavy (non-hydrogen) atoms. The molecule has 1 aromatic heterocycles. The van der Waals surface area contributed by atoms with Gasteiger partial charge in [0, 0.05) is 11.4 Å². The predicted molar refractivity (Wildman–Crippen MR) is 103 cm³/mol. The SMILES string of the molecule is COc1ccc(NC(=O)CSc2nc3c(cc2C#N)CCCCC3)cc1. The first-order chi connectivity index (χ1) is 12.7. The Labute approximate surface area is 157 Å². The Kier molecular flexibility index (Phi) is 6.13. The van der Waals surface area contributed by atoms with E-state index in [1.54, 1.807) is 31.4 Å². The third kappa shape index (κ3) is 4.55. The average molecular weight is 367 g/mol. The van der Waals surface area contributed by atoms with Gasteiger partial charge in [-0.25, -0.2) is 4.98 Å². The Morgan fingerprint density at radius 3 is 2.77 bits per heavy atom. The summed E-state index contributed by atoms with van der Waals surface area (Å²) in [5, 5.41) is 12.9. The maximum absolute atomic E-state index is 12.2. The van der Waals surface area contributed by atoms with E-state index in [1.165, 1.54) is 23.7 Å². The second-order valence-corrected chi connectivity index (χ2v) is 7.15. The summed E-state index contributed by atoms with van der Waals surface area (Å²) >= 11 is 1.32. The lowest BCUT2D eigenvalue weighted by atomic mass is 10.1. The van der Waals surface area contributed by atoms with Crippen molar-refractivity contribution in [2.75, 3.05) is 18.2 Å². The number of nitriles is 1. The minimum absolute atomic E-state index is 0.124. The summed E-state index contributed by atoms with van der Waals surface area (Å²) in [6.45, 7) is 0. The van der Waals surface area contributed by atoms with Crippen LogP contribution in [0.1, 0.15) is 36.1 Å². The highest BCUT2D eigenvalue weighted by Crippen LogP contribution is 2.27. The van der Waals surface area contributed by atoms with Crippen LogP contribution in [-0.2, 0) is 17.6 Å². The number of nitrogens with zero attached hydrogens (tertiary/aromatic N) is 2. The third-order valence-electron chi connectivity index (χ3n) is 4.35. The van der Waals surface area contributed by atoms with Crippen molar-refractivity contribution in [2.24, 2.45) is 0 Å². The number of hydrogen-bond acceptors (Lipinski definition) is 5. The van der Waals surface area contributed by atoms with E-state index in [9.17, 15) is 10.1 Å². The number of thioether (sulfide) groups is 1. The summed E-state index contributed by atoms with van der Waals surface area (Å²) in [4.78, 5) is 16.9. The molecule has 0 radical (unpaired) electrons. The number of anilines is 1. The minimum atomic E-state index is -0.124. The number of rotatable bonds is 5. The topological polar surface area (TPSA) is 75.0 Å². The highest BCUT2D eigenvalue weighted by molar-refractivity contribution is 8.00. The molecule has 6 heteroatoms. The molecule has 0 saturated heterocycles. The zero-order valence-electron chi connectivity index (χ0n) is 14.7. The smallest absolute Gasteiger partial charge is 0.234 e. The number of amides is 1.